The van der Waals surface area contributed by atoms with Gasteiger partial charge >= 0.3 is 6.09 Å². The maximum atomic E-state index is 12.5. The number of amidine groups is 1. The number of thioether (sulfide) groups is 1. The lowest BCUT2D eigenvalue weighted by Gasteiger charge is -2.37. The number of alkyl carbamates (subject to hydrolysis) is 1. The van der Waals surface area contributed by atoms with Gasteiger partial charge in [-0.1, -0.05) is 30.3 Å². The van der Waals surface area contributed by atoms with Gasteiger partial charge in [0.25, 0.3) is 5.91 Å². The fourth-order valence-electron chi connectivity index (χ4n) is 4.19. The molecule has 2 atom stereocenters. The molecule has 2 aliphatic rings. The van der Waals surface area contributed by atoms with Crippen molar-refractivity contribution in [2.75, 3.05) is 11.1 Å². The Kier molecular flexibility index (Phi) is 6.19. The van der Waals surface area contributed by atoms with E-state index in [1.807, 2.05) is 45.0 Å². The molecule has 0 radical (unpaired) electrons. The summed E-state index contributed by atoms with van der Waals surface area (Å²) in [6.45, 7) is 5.49. The Hall–Kier alpha value is -2.94. The SMILES string of the molecule is CC(C)(C)OC(=O)NC1=N[C@@]2(c3cccc(NC(=O)c4ncccn4)c3)CCCC2CS1. The first-order valence-corrected chi connectivity index (χ1v) is 11.7. The van der Waals surface area contributed by atoms with E-state index in [2.05, 4.69) is 20.6 Å². The number of hydrogen-bond acceptors (Lipinski definition) is 7. The Morgan fingerprint density at radius 3 is 2.69 bits per heavy atom. The molecule has 0 saturated heterocycles. The van der Waals surface area contributed by atoms with E-state index < -0.39 is 17.2 Å². The smallest absolute Gasteiger partial charge is 0.413 e. The average Bonchev–Trinajstić information content (AvgIpc) is 3.17. The molecular weight excluding hydrogens is 426 g/mol. The predicted octanol–water partition coefficient (Wildman–Crippen LogP) is 4.35. The minimum Gasteiger partial charge on any atom is -0.444 e. The summed E-state index contributed by atoms with van der Waals surface area (Å²) >= 11 is 1.55. The van der Waals surface area contributed by atoms with Crippen LogP contribution in [0.1, 0.15) is 56.2 Å². The Morgan fingerprint density at radius 2 is 1.94 bits per heavy atom. The number of nitrogens with one attached hydrogen (secondary N) is 2. The maximum Gasteiger partial charge on any atom is 0.413 e. The third-order valence-electron chi connectivity index (χ3n) is 5.51. The monoisotopic (exact) mass is 453 g/mol. The first kappa shape index (κ1) is 22.3. The van der Waals surface area contributed by atoms with E-state index in [1.54, 1.807) is 17.8 Å². The number of ether oxygens (including phenoxy) is 1. The summed E-state index contributed by atoms with van der Waals surface area (Å²) in [5.74, 6) is 0.979. The van der Waals surface area contributed by atoms with E-state index in [4.69, 9.17) is 9.73 Å². The van der Waals surface area contributed by atoms with Crippen LogP contribution in [0.5, 0.6) is 0 Å². The van der Waals surface area contributed by atoms with Gasteiger partial charge in [0.1, 0.15) is 5.60 Å². The van der Waals surface area contributed by atoms with Gasteiger partial charge in [-0.2, -0.15) is 0 Å². The van der Waals surface area contributed by atoms with Gasteiger partial charge in [0.15, 0.2) is 5.17 Å². The first-order valence-electron chi connectivity index (χ1n) is 10.7. The molecule has 1 saturated carbocycles. The minimum absolute atomic E-state index is 0.116. The van der Waals surface area contributed by atoms with Crippen molar-refractivity contribution < 1.29 is 14.3 Å². The summed E-state index contributed by atoms with van der Waals surface area (Å²) < 4.78 is 5.39. The fraction of sp³-hybridized carbons (Fsp3) is 0.435. The van der Waals surface area contributed by atoms with Crippen LogP contribution in [0.4, 0.5) is 10.5 Å². The van der Waals surface area contributed by atoms with E-state index in [9.17, 15) is 9.59 Å². The van der Waals surface area contributed by atoms with Crippen LogP contribution >= 0.6 is 11.8 Å². The number of carbonyl (C=O) groups is 2. The molecule has 0 spiro atoms. The molecule has 1 aliphatic carbocycles. The van der Waals surface area contributed by atoms with E-state index in [0.717, 1.165) is 30.6 Å². The molecule has 1 aromatic heterocycles. The van der Waals surface area contributed by atoms with Gasteiger partial charge in [-0.15, -0.1) is 0 Å². The molecule has 4 rings (SSSR count). The summed E-state index contributed by atoms with van der Waals surface area (Å²) in [6.07, 6.45) is 5.59. The van der Waals surface area contributed by atoms with Crippen LogP contribution in [0.2, 0.25) is 0 Å². The van der Waals surface area contributed by atoms with Crippen molar-refractivity contribution in [2.45, 2.75) is 51.2 Å². The third kappa shape index (κ3) is 4.93. The second-order valence-corrected chi connectivity index (χ2v) is 9.98. The molecule has 1 aromatic carbocycles. The molecular formula is C23H27N5O3S. The second-order valence-electron chi connectivity index (χ2n) is 8.98. The van der Waals surface area contributed by atoms with E-state index >= 15 is 0 Å². The number of nitrogens with zero attached hydrogens (tertiary/aromatic N) is 3. The Balaban J connectivity index is 1.58. The van der Waals surface area contributed by atoms with Gasteiger partial charge in [-0.3, -0.25) is 15.1 Å². The zero-order valence-electron chi connectivity index (χ0n) is 18.4. The van der Waals surface area contributed by atoms with Crippen molar-refractivity contribution >= 4 is 34.6 Å². The molecule has 32 heavy (non-hydrogen) atoms. The number of hydrogen-bond donors (Lipinski definition) is 2. The third-order valence-corrected chi connectivity index (χ3v) is 6.54. The van der Waals surface area contributed by atoms with Gasteiger partial charge in [0.05, 0.1) is 5.54 Å². The zero-order chi connectivity index (χ0) is 22.8. The molecule has 0 bridgehead atoms. The summed E-state index contributed by atoms with van der Waals surface area (Å²) in [5, 5.41) is 6.27. The maximum absolute atomic E-state index is 12.5. The van der Waals surface area contributed by atoms with Crippen molar-refractivity contribution in [3.63, 3.8) is 0 Å². The van der Waals surface area contributed by atoms with Crippen molar-refractivity contribution in [1.29, 1.82) is 0 Å². The van der Waals surface area contributed by atoms with Gasteiger partial charge < -0.3 is 10.1 Å². The topological polar surface area (TPSA) is 106 Å². The van der Waals surface area contributed by atoms with Crippen LogP contribution in [-0.2, 0) is 10.3 Å². The summed E-state index contributed by atoms with van der Waals surface area (Å²) in [6, 6.07) is 9.42. The zero-order valence-corrected chi connectivity index (χ0v) is 19.2. The normalized spacial score (nSPS) is 22.5. The highest BCUT2D eigenvalue weighted by Gasteiger charge is 2.47. The summed E-state index contributed by atoms with van der Waals surface area (Å²) in [7, 11) is 0. The molecule has 1 fully saturated rings. The van der Waals surface area contributed by atoms with Crippen LogP contribution in [0.25, 0.3) is 0 Å². The van der Waals surface area contributed by atoms with Gasteiger partial charge in [-0.05, 0) is 63.3 Å². The molecule has 2 N–H and O–H groups in total. The summed E-state index contributed by atoms with van der Waals surface area (Å²) in [4.78, 5) is 37.8. The predicted molar refractivity (Wildman–Crippen MR) is 125 cm³/mol. The van der Waals surface area contributed by atoms with Gasteiger partial charge in [0, 0.05) is 23.8 Å². The Morgan fingerprint density at radius 1 is 1.16 bits per heavy atom. The van der Waals surface area contributed by atoms with Crippen molar-refractivity contribution in [3.8, 4) is 0 Å². The molecule has 168 valence electrons. The fourth-order valence-corrected chi connectivity index (χ4v) is 5.38. The van der Waals surface area contributed by atoms with Crippen molar-refractivity contribution in [2.24, 2.45) is 10.9 Å². The lowest BCUT2D eigenvalue weighted by molar-refractivity contribution is 0.0563. The standard InChI is InChI=1S/C23H27N5O3S/c1-22(2,3)31-21(30)27-20-28-23(10-5-8-16(23)14-32-20)15-7-4-9-17(13-15)26-19(29)18-24-11-6-12-25-18/h4,6-7,9,11-13,16H,5,8,10,14H2,1-3H3,(H,26,29)(H,27,28,30)/t16?,23-/m1/s1. The second kappa shape index (κ2) is 8.90. The Labute approximate surface area is 191 Å². The highest BCUT2D eigenvalue weighted by atomic mass is 32.2. The molecule has 2 amide bonds. The summed E-state index contributed by atoms with van der Waals surface area (Å²) in [5.41, 5.74) is 0.678. The van der Waals surface area contributed by atoms with Crippen LogP contribution < -0.4 is 10.6 Å². The minimum atomic E-state index is -0.577. The number of rotatable bonds is 3. The van der Waals surface area contributed by atoms with Crippen molar-refractivity contribution in [1.82, 2.24) is 15.3 Å². The molecule has 2 aromatic rings. The Bertz CT molecular complexity index is 1040. The lowest BCUT2D eigenvalue weighted by Crippen LogP contribution is -2.41. The lowest BCUT2D eigenvalue weighted by atomic mass is 9.81. The van der Waals surface area contributed by atoms with E-state index in [1.165, 1.54) is 12.4 Å². The number of aromatic nitrogens is 2. The van der Waals surface area contributed by atoms with Crippen LogP contribution in [0.15, 0.2) is 47.7 Å². The number of amides is 2. The highest BCUT2D eigenvalue weighted by Crippen LogP contribution is 2.51. The number of fused-ring (bicyclic) bond motifs is 1. The molecule has 8 nitrogen and oxygen atoms in total. The van der Waals surface area contributed by atoms with Crippen LogP contribution in [0.3, 0.4) is 0 Å². The largest absolute Gasteiger partial charge is 0.444 e. The van der Waals surface area contributed by atoms with E-state index in [-0.39, 0.29) is 11.7 Å². The number of benzene rings is 1. The molecule has 1 aliphatic heterocycles. The molecule has 1 unspecified atom stereocenters. The average molecular weight is 454 g/mol. The van der Waals surface area contributed by atoms with Crippen LogP contribution in [-0.4, -0.2) is 38.5 Å². The quantitative estimate of drug-likeness (QED) is 0.716. The van der Waals surface area contributed by atoms with Gasteiger partial charge in [0.2, 0.25) is 5.82 Å². The number of aliphatic imine (C=N–C) groups is 1. The highest BCUT2D eigenvalue weighted by molar-refractivity contribution is 8.13. The van der Waals surface area contributed by atoms with Crippen molar-refractivity contribution in [3.05, 3.63) is 54.1 Å². The van der Waals surface area contributed by atoms with Gasteiger partial charge in [-0.25, -0.2) is 14.8 Å². The number of carbonyl (C=O) groups excluding carboxylic acids is 2. The first-order chi connectivity index (χ1) is 15.2. The van der Waals surface area contributed by atoms with Crippen LogP contribution in [0, 0.1) is 5.92 Å². The number of anilines is 1. The molecule has 2 heterocycles. The van der Waals surface area contributed by atoms with E-state index in [0.29, 0.717) is 16.8 Å². The molecule has 9 heteroatoms.